The van der Waals surface area contributed by atoms with Crippen LogP contribution in [0.1, 0.15) is 0 Å². The van der Waals surface area contributed by atoms with Crippen LogP contribution in [0.4, 0.5) is 0 Å². The molecule has 0 atom stereocenters. The van der Waals surface area contributed by atoms with Gasteiger partial charge in [0.1, 0.15) is 11.2 Å². The van der Waals surface area contributed by atoms with E-state index in [4.69, 9.17) is 19.4 Å². The Hall–Kier alpha value is -7.83. The maximum Gasteiger partial charge on any atom is 0.164 e. The second-order valence-corrected chi connectivity index (χ2v) is 14.4. The van der Waals surface area contributed by atoms with Gasteiger partial charge in [-0.15, -0.1) is 0 Å². The molecule has 0 N–H and O–H groups in total. The summed E-state index contributed by atoms with van der Waals surface area (Å²) in [4.78, 5) is 14.9. The molecule has 6 heteroatoms. The first kappa shape index (κ1) is 31.5. The second kappa shape index (κ2) is 12.3. The van der Waals surface area contributed by atoms with Crippen molar-refractivity contribution in [1.82, 2.24) is 24.1 Å². The topological polar surface area (TPSA) is 61.7 Å². The smallest absolute Gasteiger partial charge is 0.164 e. The van der Waals surface area contributed by atoms with Crippen LogP contribution < -0.4 is 0 Å². The summed E-state index contributed by atoms with van der Waals surface area (Å²) in [5.41, 5.74) is 11.2. The molecule has 0 aliphatic heterocycles. The van der Waals surface area contributed by atoms with Crippen molar-refractivity contribution in [2.24, 2.45) is 0 Å². The summed E-state index contributed by atoms with van der Waals surface area (Å²) in [6, 6.07) is 65.5. The highest BCUT2D eigenvalue weighted by Crippen LogP contribution is 2.44. The largest absolute Gasteiger partial charge is 0.455 e. The molecule has 0 aliphatic carbocycles. The minimum Gasteiger partial charge on any atom is -0.455 e. The second-order valence-electron chi connectivity index (χ2n) is 14.4. The van der Waals surface area contributed by atoms with Crippen LogP contribution in [0.5, 0.6) is 0 Å². The molecule has 6 nitrogen and oxygen atoms in total. The Morgan fingerprint density at radius 2 is 0.842 bits per heavy atom. The van der Waals surface area contributed by atoms with E-state index >= 15 is 0 Å². The predicted molar refractivity (Wildman–Crippen MR) is 232 cm³/mol. The number of furan rings is 1. The zero-order valence-corrected chi connectivity index (χ0v) is 30.5. The zero-order valence-electron chi connectivity index (χ0n) is 30.5. The number of para-hydroxylation sites is 3. The molecule has 4 aromatic heterocycles. The predicted octanol–water partition coefficient (Wildman–Crippen LogP) is 13.0. The van der Waals surface area contributed by atoms with E-state index in [0.717, 1.165) is 82.8 Å². The van der Waals surface area contributed by atoms with Crippen molar-refractivity contribution < 1.29 is 4.42 Å². The van der Waals surface area contributed by atoms with Gasteiger partial charge in [-0.3, -0.25) is 0 Å². The van der Waals surface area contributed by atoms with Crippen LogP contribution in [0.15, 0.2) is 192 Å². The first-order chi connectivity index (χ1) is 28.3. The number of nitrogens with zero attached hydrogens (tertiary/aromatic N) is 5. The summed E-state index contributed by atoms with van der Waals surface area (Å²) in [5.74, 6) is 1.91. The molecule has 12 rings (SSSR count). The van der Waals surface area contributed by atoms with Crippen molar-refractivity contribution in [1.29, 1.82) is 0 Å². The van der Waals surface area contributed by atoms with E-state index in [-0.39, 0.29) is 0 Å². The summed E-state index contributed by atoms with van der Waals surface area (Å²) in [7, 11) is 0. The molecule has 0 bridgehead atoms. The summed E-state index contributed by atoms with van der Waals surface area (Å²) in [5, 5.41) is 6.85. The molecule has 0 amide bonds. The van der Waals surface area contributed by atoms with E-state index in [1.165, 1.54) is 10.8 Å². The summed E-state index contributed by atoms with van der Waals surface area (Å²) >= 11 is 0. The standard InChI is InChI=1S/C51H31N5O/c1-4-14-32(15-5-1)49-52-50(33-16-6-2-7-17-33)54-51(53-49)34-24-26-36(27-25-34)55-42-22-12-10-20-37(42)40-30-45-41(31-44(40)55)47-43(56(45)35-18-8-3-9-19-35)29-28-39-38-21-11-13-23-46(38)57-48(39)47/h1-31H. The van der Waals surface area contributed by atoms with Crippen LogP contribution in [-0.2, 0) is 0 Å². The van der Waals surface area contributed by atoms with Gasteiger partial charge in [0.2, 0.25) is 0 Å². The minimum absolute atomic E-state index is 0.627. The normalized spacial score (nSPS) is 11.9. The first-order valence-corrected chi connectivity index (χ1v) is 19.1. The van der Waals surface area contributed by atoms with E-state index in [1.807, 2.05) is 66.7 Å². The number of hydrogen-bond donors (Lipinski definition) is 0. The van der Waals surface area contributed by atoms with E-state index in [9.17, 15) is 0 Å². The fraction of sp³-hybridized carbons (Fsp3) is 0. The Bertz CT molecular complexity index is 3430. The maximum absolute atomic E-state index is 6.70. The van der Waals surface area contributed by atoms with E-state index in [0.29, 0.717) is 17.5 Å². The molecule has 57 heavy (non-hydrogen) atoms. The van der Waals surface area contributed by atoms with Gasteiger partial charge in [0.05, 0.1) is 27.5 Å². The Balaban J connectivity index is 1.09. The van der Waals surface area contributed by atoms with Crippen LogP contribution in [-0.4, -0.2) is 24.1 Å². The summed E-state index contributed by atoms with van der Waals surface area (Å²) in [6.07, 6.45) is 0. The molecule has 0 aliphatic rings. The van der Waals surface area contributed by atoms with Crippen LogP contribution in [0, 0.1) is 0 Å². The van der Waals surface area contributed by atoms with Gasteiger partial charge in [-0.2, -0.15) is 0 Å². The fourth-order valence-electron chi connectivity index (χ4n) is 8.57. The lowest BCUT2D eigenvalue weighted by Gasteiger charge is -2.11. The van der Waals surface area contributed by atoms with Gasteiger partial charge in [-0.25, -0.2) is 15.0 Å². The third-order valence-electron chi connectivity index (χ3n) is 11.2. The van der Waals surface area contributed by atoms with E-state index < -0.39 is 0 Å². The highest BCUT2D eigenvalue weighted by molar-refractivity contribution is 6.26. The highest BCUT2D eigenvalue weighted by Gasteiger charge is 2.22. The van der Waals surface area contributed by atoms with Crippen LogP contribution in [0.3, 0.4) is 0 Å². The van der Waals surface area contributed by atoms with Gasteiger partial charge in [-0.05, 0) is 72.8 Å². The molecule has 0 fully saturated rings. The molecule has 4 heterocycles. The van der Waals surface area contributed by atoms with Crippen molar-refractivity contribution in [2.45, 2.75) is 0 Å². The van der Waals surface area contributed by atoms with E-state index in [2.05, 4.69) is 130 Å². The van der Waals surface area contributed by atoms with E-state index in [1.54, 1.807) is 0 Å². The molecule has 0 spiro atoms. The Morgan fingerprint density at radius 1 is 0.333 bits per heavy atom. The molecule has 0 saturated carbocycles. The molecular weight excluding hydrogens is 699 g/mol. The van der Waals surface area contributed by atoms with Gasteiger partial charge < -0.3 is 13.6 Å². The van der Waals surface area contributed by atoms with Crippen LogP contribution >= 0.6 is 0 Å². The summed E-state index contributed by atoms with van der Waals surface area (Å²) < 4.78 is 11.4. The zero-order chi connectivity index (χ0) is 37.5. The first-order valence-electron chi connectivity index (χ1n) is 19.1. The lowest BCUT2D eigenvalue weighted by atomic mass is 10.1. The summed E-state index contributed by atoms with van der Waals surface area (Å²) in [6.45, 7) is 0. The third-order valence-corrected chi connectivity index (χ3v) is 11.2. The van der Waals surface area contributed by atoms with Gasteiger partial charge in [0.15, 0.2) is 17.5 Å². The lowest BCUT2D eigenvalue weighted by molar-refractivity contribution is 0.673. The maximum atomic E-state index is 6.70. The number of fused-ring (bicyclic) bond motifs is 10. The molecule has 0 radical (unpaired) electrons. The molecule has 12 aromatic rings. The average Bonchev–Trinajstić information content (AvgIpc) is 3.94. The lowest BCUT2D eigenvalue weighted by Crippen LogP contribution is -2.00. The van der Waals surface area contributed by atoms with Crippen molar-refractivity contribution in [3.05, 3.63) is 188 Å². The fourth-order valence-corrected chi connectivity index (χ4v) is 8.57. The van der Waals surface area contributed by atoms with Crippen molar-refractivity contribution in [2.75, 3.05) is 0 Å². The molecule has 8 aromatic carbocycles. The molecule has 0 saturated heterocycles. The van der Waals surface area contributed by atoms with Crippen molar-refractivity contribution in [3.8, 4) is 45.5 Å². The van der Waals surface area contributed by atoms with Gasteiger partial charge in [-0.1, -0.05) is 115 Å². The molecule has 0 unspecified atom stereocenters. The Morgan fingerprint density at radius 3 is 1.53 bits per heavy atom. The minimum atomic E-state index is 0.627. The van der Waals surface area contributed by atoms with Crippen LogP contribution in [0.25, 0.3) is 111 Å². The molecular formula is C51H31N5O. The average molecular weight is 730 g/mol. The Labute approximate surface area is 326 Å². The Kier molecular flexibility index (Phi) is 6.83. The number of benzene rings is 8. The SMILES string of the molecule is c1ccc(-c2nc(-c3ccccc3)nc(-c3ccc(-n4c5ccccc5c5cc6c(cc54)c4c5oc7ccccc7c5ccc4n6-c4ccccc4)cc3)n2)cc1. The van der Waals surface area contributed by atoms with Crippen molar-refractivity contribution >= 4 is 65.6 Å². The number of aromatic nitrogens is 5. The number of rotatable bonds is 5. The number of hydrogen-bond acceptors (Lipinski definition) is 4. The quantitative estimate of drug-likeness (QED) is 0.177. The van der Waals surface area contributed by atoms with Gasteiger partial charge in [0.25, 0.3) is 0 Å². The third kappa shape index (κ3) is 4.87. The van der Waals surface area contributed by atoms with Crippen molar-refractivity contribution in [3.63, 3.8) is 0 Å². The highest BCUT2D eigenvalue weighted by atomic mass is 16.3. The van der Waals surface area contributed by atoms with Gasteiger partial charge >= 0.3 is 0 Å². The van der Waals surface area contributed by atoms with Gasteiger partial charge in [0, 0.05) is 55.0 Å². The molecule has 266 valence electrons. The monoisotopic (exact) mass is 729 g/mol. The van der Waals surface area contributed by atoms with Crippen LogP contribution in [0.2, 0.25) is 0 Å².